The summed E-state index contributed by atoms with van der Waals surface area (Å²) in [5, 5.41) is 13.5. The van der Waals surface area contributed by atoms with Gasteiger partial charge < -0.3 is 15.2 Å². The monoisotopic (exact) mass is 356 g/mol. The number of phenolic OH excluding ortho intramolecular Hbond substituents is 1. The molecule has 0 aliphatic carbocycles. The van der Waals surface area contributed by atoms with Crippen LogP contribution in [0, 0.1) is 0 Å². The molecule has 0 saturated carbocycles. The first kappa shape index (κ1) is 20.6. The van der Waals surface area contributed by atoms with E-state index in [9.17, 15) is 5.11 Å². The number of halogens is 3. The average Bonchev–Trinajstić information content (AvgIpc) is 2.44. The van der Waals surface area contributed by atoms with E-state index in [2.05, 4.69) is 17.1 Å². The maximum atomic E-state index is 9.81. The number of aromatic hydroxyl groups is 1. The number of hydrogen-bond acceptors (Lipinski definition) is 4. The normalized spacial score (nSPS) is 16.5. The molecule has 0 bridgehead atoms. The van der Waals surface area contributed by atoms with Crippen LogP contribution < -0.4 is 10.1 Å². The van der Waals surface area contributed by atoms with Gasteiger partial charge >= 0.3 is 0 Å². The molecule has 1 aromatic carbocycles. The third-order valence-corrected chi connectivity index (χ3v) is 3.92. The molecule has 0 spiro atoms. The SMILES string of the molecule is CC[C@H](c1cc(Cl)c(O)c(OC)c1)N1CCNCC1.Cl.Cl. The van der Waals surface area contributed by atoms with Gasteiger partial charge in [-0.2, -0.15) is 0 Å². The van der Waals surface area contributed by atoms with Gasteiger partial charge in [0.05, 0.1) is 12.1 Å². The summed E-state index contributed by atoms with van der Waals surface area (Å²) in [7, 11) is 1.54. The first-order valence-electron chi connectivity index (χ1n) is 6.68. The second kappa shape index (κ2) is 9.59. The molecular weight excluding hydrogens is 335 g/mol. The lowest BCUT2D eigenvalue weighted by atomic mass is 10.0. The molecule has 1 heterocycles. The second-order valence-electron chi connectivity index (χ2n) is 4.76. The van der Waals surface area contributed by atoms with Crippen molar-refractivity contribution in [1.82, 2.24) is 10.2 Å². The Morgan fingerprint density at radius 1 is 1.33 bits per heavy atom. The van der Waals surface area contributed by atoms with Crippen molar-refractivity contribution < 1.29 is 9.84 Å². The largest absolute Gasteiger partial charge is 0.503 e. The summed E-state index contributed by atoms with van der Waals surface area (Å²) in [6.07, 6.45) is 1.00. The molecule has 2 rings (SSSR count). The van der Waals surface area contributed by atoms with Crippen LogP contribution in [0.2, 0.25) is 5.02 Å². The van der Waals surface area contributed by atoms with E-state index in [1.165, 1.54) is 0 Å². The lowest BCUT2D eigenvalue weighted by Crippen LogP contribution is -2.45. The van der Waals surface area contributed by atoms with E-state index in [0.717, 1.165) is 38.2 Å². The van der Waals surface area contributed by atoms with Crippen molar-refractivity contribution in [2.45, 2.75) is 19.4 Å². The Morgan fingerprint density at radius 2 is 1.95 bits per heavy atom. The Balaban J connectivity index is 0.00000200. The van der Waals surface area contributed by atoms with Crippen molar-refractivity contribution in [2.75, 3.05) is 33.3 Å². The van der Waals surface area contributed by atoms with Crippen molar-refractivity contribution in [3.8, 4) is 11.5 Å². The number of piperazine rings is 1. The van der Waals surface area contributed by atoms with Gasteiger partial charge in [0.1, 0.15) is 0 Å². The Morgan fingerprint density at radius 3 is 2.48 bits per heavy atom. The molecule has 1 aromatic rings. The zero-order chi connectivity index (χ0) is 13.8. The van der Waals surface area contributed by atoms with Crippen LogP contribution in [-0.2, 0) is 0 Å². The molecule has 1 saturated heterocycles. The third-order valence-electron chi connectivity index (χ3n) is 3.63. The van der Waals surface area contributed by atoms with Gasteiger partial charge in [0.15, 0.2) is 11.5 Å². The van der Waals surface area contributed by atoms with Crippen molar-refractivity contribution in [3.05, 3.63) is 22.7 Å². The summed E-state index contributed by atoms with van der Waals surface area (Å²) >= 11 is 6.08. The minimum absolute atomic E-state index is 0. The number of phenols is 1. The van der Waals surface area contributed by atoms with Crippen molar-refractivity contribution >= 4 is 36.4 Å². The number of nitrogens with zero attached hydrogens (tertiary/aromatic N) is 1. The third kappa shape index (κ3) is 4.80. The lowest BCUT2D eigenvalue weighted by Gasteiger charge is -2.35. The molecule has 122 valence electrons. The maximum absolute atomic E-state index is 9.81. The lowest BCUT2D eigenvalue weighted by molar-refractivity contribution is 0.169. The molecule has 1 aliphatic heterocycles. The fourth-order valence-corrected chi connectivity index (χ4v) is 2.86. The van der Waals surface area contributed by atoms with Gasteiger partial charge in [-0.25, -0.2) is 0 Å². The molecule has 0 aromatic heterocycles. The van der Waals surface area contributed by atoms with Gasteiger partial charge in [-0.05, 0) is 24.1 Å². The second-order valence-corrected chi connectivity index (χ2v) is 5.17. The number of nitrogens with one attached hydrogen (secondary N) is 1. The van der Waals surface area contributed by atoms with E-state index < -0.39 is 0 Å². The average molecular weight is 358 g/mol. The molecule has 2 N–H and O–H groups in total. The number of rotatable bonds is 4. The molecule has 1 atom stereocenters. The van der Waals surface area contributed by atoms with Crippen LogP contribution in [0.25, 0.3) is 0 Å². The summed E-state index contributed by atoms with van der Waals surface area (Å²) in [5.74, 6) is 0.458. The smallest absolute Gasteiger partial charge is 0.176 e. The molecular formula is C14H23Cl3N2O2. The predicted octanol–water partition coefficient (Wildman–Crippen LogP) is 3.25. The van der Waals surface area contributed by atoms with E-state index in [1.807, 2.05) is 12.1 Å². The van der Waals surface area contributed by atoms with Gasteiger partial charge in [-0.15, -0.1) is 24.8 Å². The Labute approximate surface area is 143 Å². The highest BCUT2D eigenvalue weighted by atomic mass is 35.5. The van der Waals surface area contributed by atoms with Gasteiger partial charge in [0.25, 0.3) is 0 Å². The van der Waals surface area contributed by atoms with Crippen molar-refractivity contribution in [1.29, 1.82) is 0 Å². The van der Waals surface area contributed by atoms with Gasteiger partial charge in [0, 0.05) is 32.2 Å². The molecule has 4 nitrogen and oxygen atoms in total. The topological polar surface area (TPSA) is 44.7 Å². The Bertz CT molecular complexity index is 440. The van der Waals surface area contributed by atoms with Gasteiger partial charge in [-0.3, -0.25) is 4.90 Å². The van der Waals surface area contributed by atoms with E-state index in [-0.39, 0.29) is 30.6 Å². The highest BCUT2D eigenvalue weighted by molar-refractivity contribution is 6.32. The Hall–Kier alpha value is -0.390. The number of methoxy groups -OCH3 is 1. The highest BCUT2D eigenvalue weighted by Crippen LogP contribution is 2.38. The zero-order valence-electron chi connectivity index (χ0n) is 12.3. The van der Waals surface area contributed by atoms with Crippen LogP contribution in [-0.4, -0.2) is 43.3 Å². The predicted molar refractivity (Wildman–Crippen MR) is 91.6 cm³/mol. The highest BCUT2D eigenvalue weighted by Gasteiger charge is 2.22. The maximum Gasteiger partial charge on any atom is 0.176 e. The summed E-state index contributed by atoms with van der Waals surface area (Å²) < 4.78 is 5.18. The quantitative estimate of drug-likeness (QED) is 0.868. The fourth-order valence-electron chi connectivity index (χ4n) is 2.64. The minimum atomic E-state index is 0. The van der Waals surface area contributed by atoms with E-state index >= 15 is 0 Å². The summed E-state index contributed by atoms with van der Waals surface area (Å²) in [4.78, 5) is 2.44. The molecule has 1 fully saturated rings. The minimum Gasteiger partial charge on any atom is -0.503 e. The molecule has 1 aliphatic rings. The zero-order valence-corrected chi connectivity index (χ0v) is 14.7. The molecule has 0 amide bonds. The summed E-state index contributed by atoms with van der Waals surface area (Å²) in [6.45, 7) is 6.25. The molecule has 0 unspecified atom stereocenters. The van der Waals surface area contributed by atoms with Crippen LogP contribution in [0.1, 0.15) is 24.9 Å². The van der Waals surface area contributed by atoms with E-state index in [0.29, 0.717) is 16.8 Å². The van der Waals surface area contributed by atoms with Crippen LogP contribution in [0.5, 0.6) is 11.5 Å². The van der Waals surface area contributed by atoms with Crippen LogP contribution in [0.3, 0.4) is 0 Å². The van der Waals surface area contributed by atoms with Gasteiger partial charge in [0.2, 0.25) is 0 Å². The van der Waals surface area contributed by atoms with E-state index in [1.54, 1.807) is 7.11 Å². The van der Waals surface area contributed by atoms with Crippen LogP contribution in [0.4, 0.5) is 0 Å². The number of hydrogen-bond donors (Lipinski definition) is 2. The molecule has 7 heteroatoms. The number of benzene rings is 1. The first-order valence-corrected chi connectivity index (χ1v) is 7.06. The van der Waals surface area contributed by atoms with Crippen molar-refractivity contribution in [3.63, 3.8) is 0 Å². The van der Waals surface area contributed by atoms with E-state index in [4.69, 9.17) is 16.3 Å². The van der Waals surface area contributed by atoms with Crippen LogP contribution in [0.15, 0.2) is 12.1 Å². The Kier molecular flexibility index (Phi) is 9.41. The fraction of sp³-hybridized carbons (Fsp3) is 0.571. The van der Waals surface area contributed by atoms with Crippen molar-refractivity contribution in [2.24, 2.45) is 0 Å². The molecule has 21 heavy (non-hydrogen) atoms. The summed E-state index contributed by atoms with van der Waals surface area (Å²) in [5.41, 5.74) is 1.10. The van der Waals surface area contributed by atoms with Crippen LogP contribution >= 0.6 is 36.4 Å². The van der Waals surface area contributed by atoms with Gasteiger partial charge in [-0.1, -0.05) is 18.5 Å². The summed E-state index contributed by atoms with van der Waals surface area (Å²) in [6, 6.07) is 4.04. The first-order chi connectivity index (χ1) is 9.17. The molecule has 0 radical (unpaired) electrons. The standard InChI is InChI=1S/C14H21ClN2O2.2ClH/c1-3-12(17-6-4-16-5-7-17)10-8-11(15)14(18)13(9-10)19-2;;/h8-9,12,16,18H,3-7H2,1-2H3;2*1H/t12-;;/m1../s1. The number of ether oxygens (including phenoxy) is 1.